The molecule has 0 aliphatic carbocycles. The quantitative estimate of drug-likeness (QED) is 0.806. The van der Waals surface area contributed by atoms with Crippen LogP contribution in [0, 0.1) is 0 Å². The highest BCUT2D eigenvalue weighted by Gasteiger charge is 2.22. The van der Waals surface area contributed by atoms with Gasteiger partial charge in [0.05, 0.1) is 0 Å². The third-order valence-electron chi connectivity index (χ3n) is 2.05. The van der Waals surface area contributed by atoms with Crippen molar-refractivity contribution in [3.05, 3.63) is 44.9 Å². The topological polar surface area (TPSA) is 20.2 Å². The zero-order valence-corrected chi connectivity index (χ0v) is 11.4. The van der Waals surface area contributed by atoms with Crippen LogP contribution in [0.1, 0.15) is 26.3 Å². The Bertz CT molecular complexity index is 393. The molecular formula is C12H14BrClO. The maximum Gasteiger partial charge on any atom is 0.107 e. The highest BCUT2D eigenvalue weighted by molar-refractivity contribution is 9.10. The van der Waals surface area contributed by atoms with Crippen molar-refractivity contribution in [1.29, 1.82) is 0 Å². The first-order chi connectivity index (χ1) is 6.83. The molecule has 0 radical (unpaired) electrons. The molecule has 0 aliphatic rings. The lowest BCUT2D eigenvalue weighted by Crippen LogP contribution is -2.18. The van der Waals surface area contributed by atoms with Gasteiger partial charge in [0.15, 0.2) is 0 Å². The average molecular weight is 290 g/mol. The Morgan fingerprint density at radius 2 is 2.07 bits per heavy atom. The van der Waals surface area contributed by atoms with E-state index in [-0.39, 0.29) is 0 Å². The van der Waals surface area contributed by atoms with Gasteiger partial charge in [-0.05, 0) is 32.9 Å². The normalized spacial score (nSPS) is 14.5. The second kappa shape index (κ2) is 4.69. The molecule has 15 heavy (non-hydrogen) atoms. The summed E-state index contributed by atoms with van der Waals surface area (Å²) < 4.78 is 0.907. The van der Waals surface area contributed by atoms with E-state index in [9.17, 15) is 5.11 Å². The number of hydrogen-bond donors (Lipinski definition) is 1. The molecule has 0 spiro atoms. The SMILES string of the molecule is CC(C)=CC(C)(O)c1ccc(Br)cc1Cl. The summed E-state index contributed by atoms with van der Waals surface area (Å²) in [6.07, 6.45) is 1.79. The molecule has 3 heteroatoms. The molecule has 0 saturated carbocycles. The van der Waals surface area contributed by atoms with Crippen molar-refractivity contribution in [2.75, 3.05) is 0 Å². The van der Waals surface area contributed by atoms with Gasteiger partial charge in [-0.3, -0.25) is 0 Å². The summed E-state index contributed by atoms with van der Waals surface area (Å²) in [6.45, 7) is 5.62. The molecule has 1 nitrogen and oxygen atoms in total. The predicted octanol–water partition coefficient (Wildman–Crippen LogP) is 4.28. The number of allylic oxidation sites excluding steroid dienone is 1. The number of rotatable bonds is 2. The largest absolute Gasteiger partial charge is 0.381 e. The van der Waals surface area contributed by atoms with Crippen LogP contribution in [0.3, 0.4) is 0 Å². The summed E-state index contributed by atoms with van der Waals surface area (Å²) in [5, 5.41) is 10.8. The maximum atomic E-state index is 10.3. The third-order valence-corrected chi connectivity index (χ3v) is 2.85. The Balaban J connectivity index is 3.21. The van der Waals surface area contributed by atoms with Crippen LogP contribution in [0.5, 0.6) is 0 Å². The highest BCUT2D eigenvalue weighted by Crippen LogP contribution is 2.31. The lowest BCUT2D eigenvalue weighted by Gasteiger charge is -2.22. The van der Waals surface area contributed by atoms with Crippen LogP contribution >= 0.6 is 27.5 Å². The minimum absolute atomic E-state index is 0.562. The van der Waals surface area contributed by atoms with Crippen molar-refractivity contribution in [1.82, 2.24) is 0 Å². The molecule has 1 aromatic carbocycles. The minimum atomic E-state index is -1.02. The van der Waals surface area contributed by atoms with Crippen LogP contribution in [0.25, 0.3) is 0 Å². The number of benzene rings is 1. The van der Waals surface area contributed by atoms with Gasteiger partial charge in [0, 0.05) is 15.1 Å². The van der Waals surface area contributed by atoms with E-state index in [0.717, 1.165) is 10.0 Å². The van der Waals surface area contributed by atoms with Gasteiger partial charge in [-0.2, -0.15) is 0 Å². The Kier molecular flexibility index (Phi) is 3.99. The number of halogens is 2. The summed E-state index contributed by atoms with van der Waals surface area (Å²) in [5.74, 6) is 0. The molecular weight excluding hydrogens is 275 g/mol. The van der Waals surface area contributed by atoms with Crippen LogP contribution in [-0.4, -0.2) is 5.11 Å². The van der Waals surface area contributed by atoms with Crippen LogP contribution in [0.15, 0.2) is 34.3 Å². The van der Waals surface area contributed by atoms with Crippen molar-refractivity contribution < 1.29 is 5.11 Å². The molecule has 1 aromatic rings. The van der Waals surface area contributed by atoms with Gasteiger partial charge < -0.3 is 5.11 Å². The molecule has 0 saturated heterocycles. The zero-order valence-electron chi connectivity index (χ0n) is 9.01. The monoisotopic (exact) mass is 288 g/mol. The van der Waals surface area contributed by atoms with E-state index in [2.05, 4.69) is 15.9 Å². The molecule has 1 atom stereocenters. The van der Waals surface area contributed by atoms with Crippen molar-refractivity contribution in [2.45, 2.75) is 26.4 Å². The van der Waals surface area contributed by atoms with Crippen LogP contribution in [0.4, 0.5) is 0 Å². The molecule has 0 fully saturated rings. The van der Waals surface area contributed by atoms with Crippen LogP contribution < -0.4 is 0 Å². The van der Waals surface area contributed by atoms with E-state index in [1.807, 2.05) is 26.0 Å². The summed E-state index contributed by atoms with van der Waals surface area (Å²) in [6, 6.07) is 5.48. The molecule has 82 valence electrons. The van der Waals surface area contributed by atoms with Crippen LogP contribution in [0.2, 0.25) is 5.02 Å². The van der Waals surface area contributed by atoms with E-state index in [1.165, 1.54) is 0 Å². The lowest BCUT2D eigenvalue weighted by molar-refractivity contribution is 0.110. The molecule has 1 N–H and O–H groups in total. The first-order valence-electron chi connectivity index (χ1n) is 4.67. The first kappa shape index (κ1) is 12.8. The Hall–Kier alpha value is -0.310. The highest BCUT2D eigenvalue weighted by atomic mass is 79.9. The van der Waals surface area contributed by atoms with Crippen molar-refractivity contribution in [3.63, 3.8) is 0 Å². The maximum absolute atomic E-state index is 10.3. The van der Waals surface area contributed by atoms with E-state index >= 15 is 0 Å². The summed E-state index contributed by atoms with van der Waals surface area (Å²) in [5.41, 5.74) is 0.754. The van der Waals surface area contributed by atoms with E-state index in [4.69, 9.17) is 11.6 Å². The number of hydrogen-bond acceptors (Lipinski definition) is 1. The average Bonchev–Trinajstić information content (AvgIpc) is 1.99. The van der Waals surface area contributed by atoms with E-state index in [0.29, 0.717) is 10.6 Å². The molecule has 0 heterocycles. The smallest absolute Gasteiger partial charge is 0.107 e. The molecule has 1 rings (SSSR count). The van der Waals surface area contributed by atoms with Gasteiger partial charge >= 0.3 is 0 Å². The Labute approximate surface area is 104 Å². The number of aliphatic hydroxyl groups is 1. The van der Waals surface area contributed by atoms with E-state index in [1.54, 1.807) is 19.1 Å². The van der Waals surface area contributed by atoms with Crippen molar-refractivity contribution >= 4 is 27.5 Å². The fourth-order valence-electron chi connectivity index (χ4n) is 1.54. The van der Waals surface area contributed by atoms with Gasteiger partial charge in [-0.25, -0.2) is 0 Å². The Morgan fingerprint density at radius 1 is 1.47 bits per heavy atom. The predicted molar refractivity (Wildman–Crippen MR) is 68.2 cm³/mol. The van der Waals surface area contributed by atoms with Gasteiger partial charge in [0.1, 0.15) is 5.60 Å². The summed E-state index contributed by atoms with van der Waals surface area (Å²) in [4.78, 5) is 0. The minimum Gasteiger partial charge on any atom is -0.381 e. The van der Waals surface area contributed by atoms with Crippen LogP contribution in [-0.2, 0) is 5.60 Å². The molecule has 0 aromatic heterocycles. The van der Waals surface area contributed by atoms with Gasteiger partial charge in [-0.15, -0.1) is 0 Å². The third kappa shape index (κ3) is 3.33. The van der Waals surface area contributed by atoms with Crippen molar-refractivity contribution in [2.24, 2.45) is 0 Å². The lowest BCUT2D eigenvalue weighted by atomic mass is 9.94. The van der Waals surface area contributed by atoms with Gasteiger partial charge in [-0.1, -0.05) is 45.2 Å². The summed E-state index contributed by atoms with van der Waals surface area (Å²) in [7, 11) is 0. The second-order valence-electron chi connectivity index (χ2n) is 3.99. The second-order valence-corrected chi connectivity index (χ2v) is 5.32. The molecule has 0 amide bonds. The first-order valence-corrected chi connectivity index (χ1v) is 5.84. The fourth-order valence-corrected chi connectivity index (χ4v) is 2.40. The summed E-state index contributed by atoms with van der Waals surface area (Å²) >= 11 is 9.41. The van der Waals surface area contributed by atoms with Gasteiger partial charge in [0.2, 0.25) is 0 Å². The molecule has 0 aliphatic heterocycles. The zero-order chi connectivity index (χ0) is 11.6. The van der Waals surface area contributed by atoms with Gasteiger partial charge in [0.25, 0.3) is 0 Å². The van der Waals surface area contributed by atoms with E-state index < -0.39 is 5.60 Å². The molecule has 0 bridgehead atoms. The van der Waals surface area contributed by atoms with Crippen molar-refractivity contribution in [3.8, 4) is 0 Å². The molecule has 1 unspecified atom stereocenters. The fraction of sp³-hybridized carbons (Fsp3) is 0.333. The Morgan fingerprint density at radius 3 is 2.53 bits per heavy atom. The standard InChI is InChI=1S/C12H14BrClO/c1-8(2)7-12(3,15)10-5-4-9(13)6-11(10)14/h4-7,15H,1-3H3.